The first-order chi connectivity index (χ1) is 13.7. The van der Waals surface area contributed by atoms with E-state index >= 15 is 0 Å². The van der Waals surface area contributed by atoms with Gasteiger partial charge < -0.3 is 4.74 Å². The Morgan fingerprint density at radius 3 is 2.39 bits per heavy atom. The van der Waals surface area contributed by atoms with Crippen molar-refractivity contribution in [1.29, 1.82) is 0 Å². The first-order valence-corrected chi connectivity index (χ1v) is 9.91. The van der Waals surface area contributed by atoms with Crippen molar-refractivity contribution in [1.82, 2.24) is 5.43 Å². The average Bonchev–Trinajstić information content (AvgIpc) is 2.74. The predicted octanol–water partition coefficient (Wildman–Crippen LogP) is 4.90. The van der Waals surface area contributed by atoms with Crippen molar-refractivity contribution in [2.45, 2.75) is 23.7 Å². The molecule has 0 heterocycles. The quantitative estimate of drug-likeness (QED) is 0.338. The van der Waals surface area contributed by atoms with Crippen LogP contribution in [0.4, 0.5) is 0 Å². The highest BCUT2D eigenvalue weighted by atomic mass is 32.2. The van der Waals surface area contributed by atoms with Crippen LogP contribution in [0.1, 0.15) is 18.1 Å². The molecule has 5 heteroatoms. The molecule has 3 rings (SSSR count). The fourth-order valence-electron chi connectivity index (χ4n) is 2.47. The third kappa shape index (κ3) is 5.99. The monoisotopic (exact) mass is 390 g/mol. The van der Waals surface area contributed by atoms with Crippen molar-refractivity contribution in [3.8, 4) is 5.75 Å². The molecule has 0 aliphatic heterocycles. The maximum absolute atomic E-state index is 12.3. The maximum atomic E-state index is 12.3. The molecule has 0 saturated carbocycles. The maximum Gasteiger partial charge on any atom is 0.253 e. The van der Waals surface area contributed by atoms with Crippen molar-refractivity contribution < 1.29 is 9.53 Å². The lowest BCUT2D eigenvalue weighted by Gasteiger charge is -2.10. The average molecular weight is 391 g/mol. The lowest BCUT2D eigenvalue weighted by atomic mass is 10.2. The molecule has 0 aliphatic carbocycles. The van der Waals surface area contributed by atoms with Gasteiger partial charge in [0, 0.05) is 10.5 Å². The summed E-state index contributed by atoms with van der Waals surface area (Å²) in [5, 5.41) is 3.86. The summed E-state index contributed by atoms with van der Waals surface area (Å²) in [5.41, 5.74) is 4.51. The molecule has 4 nitrogen and oxygen atoms in total. The minimum Gasteiger partial charge on any atom is -0.488 e. The number of nitrogens with one attached hydrogen (secondary N) is 1. The summed E-state index contributed by atoms with van der Waals surface area (Å²) < 4.78 is 5.90. The molecule has 1 amide bonds. The van der Waals surface area contributed by atoms with E-state index in [4.69, 9.17) is 4.74 Å². The van der Waals surface area contributed by atoms with E-state index in [-0.39, 0.29) is 11.2 Å². The van der Waals surface area contributed by atoms with Crippen LogP contribution in [0.2, 0.25) is 0 Å². The normalized spacial score (nSPS) is 11.9. The predicted molar refractivity (Wildman–Crippen MR) is 115 cm³/mol. The highest BCUT2D eigenvalue weighted by Crippen LogP contribution is 2.22. The number of benzene rings is 3. The van der Waals surface area contributed by atoms with Gasteiger partial charge in [0.05, 0.1) is 11.5 Å². The Bertz CT molecular complexity index is 914. The zero-order valence-corrected chi connectivity index (χ0v) is 16.4. The van der Waals surface area contributed by atoms with Crippen molar-refractivity contribution in [3.63, 3.8) is 0 Å². The fraction of sp³-hybridized carbons (Fsp3) is 0.130. The summed E-state index contributed by atoms with van der Waals surface area (Å²) in [6, 6.07) is 27.4. The highest BCUT2D eigenvalue weighted by Gasteiger charge is 2.13. The smallest absolute Gasteiger partial charge is 0.253 e. The summed E-state index contributed by atoms with van der Waals surface area (Å²) in [7, 11) is 0. The number of ether oxygens (including phenoxy) is 1. The number of hydrazone groups is 1. The number of nitrogens with zero attached hydrogens (tertiary/aromatic N) is 1. The largest absolute Gasteiger partial charge is 0.488 e. The Labute approximate surface area is 169 Å². The van der Waals surface area contributed by atoms with Gasteiger partial charge in [0.15, 0.2) is 0 Å². The number of amides is 1. The standard InChI is InChI=1S/C23H22N2O2S/c1-18(28-21-13-6-3-7-14-21)23(26)25-24-16-20-12-8-9-15-22(20)27-17-19-10-4-2-5-11-19/h2-16,18H,17H2,1H3,(H,25,26)/b24-16-/t18-/m0/s1. The van der Waals surface area contributed by atoms with Gasteiger partial charge in [-0.15, -0.1) is 11.8 Å². The molecule has 0 radical (unpaired) electrons. The first kappa shape index (κ1) is 19.7. The fourth-order valence-corrected chi connectivity index (χ4v) is 3.35. The Hall–Kier alpha value is -3.05. The number of carbonyl (C=O) groups is 1. The van der Waals surface area contributed by atoms with Crippen LogP contribution < -0.4 is 10.2 Å². The molecule has 28 heavy (non-hydrogen) atoms. The van der Waals surface area contributed by atoms with Crippen LogP contribution >= 0.6 is 11.8 Å². The van der Waals surface area contributed by atoms with Crippen LogP contribution in [0.3, 0.4) is 0 Å². The zero-order valence-electron chi connectivity index (χ0n) is 15.6. The summed E-state index contributed by atoms with van der Waals surface area (Å²) in [6.07, 6.45) is 1.61. The number of rotatable bonds is 8. The summed E-state index contributed by atoms with van der Waals surface area (Å²) >= 11 is 1.50. The van der Waals surface area contributed by atoms with E-state index < -0.39 is 0 Å². The minimum atomic E-state index is -0.246. The van der Waals surface area contributed by atoms with E-state index in [0.717, 1.165) is 21.8 Å². The van der Waals surface area contributed by atoms with Gasteiger partial charge in [0.25, 0.3) is 5.91 Å². The molecular formula is C23H22N2O2S. The second-order valence-corrected chi connectivity index (χ2v) is 7.53. The third-order valence-electron chi connectivity index (χ3n) is 3.96. The molecule has 1 atom stereocenters. The Morgan fingerprint density at radius 1 is 1.00 bits per heavy atom. The molecule has 0 saturated heterocycles. The summed E-state index contributed by atoms with van der Waals surface area (Å²) in [5.74, 6) is 0.573. The molecule has 0 bridgehead atoms. The van der Waals surface area contributed by atoms with Crippen molar-refractivity contribution in [3.05, 3.63) is 96.1 Å². The third-order valence-corrected chi connectivity index (χ3v) is 5.07. The number of hydrogen-bond acceptors (Lipinski definition) is 4. The van der Waals surface area contributed by atoms with E-state index in [1.807, 2.05) is 91.9 Å². The number of carbonyl (C=O) groups excluding carboxylic acids is 1. The SMILES string of the molecule is C[C@H](Sc1ccccc1)C(=O)N/N=C\c1ccccc1OCc1ccccc1. The van der Waals surface area contributed by atoms with Crippen LogP contribution in [0.5, 0.6) is 5.75 Å². The molecule has 0 spiro atoms. The Kier molecular flexibility index (Phi) is 7.27. The lowest BCUT2D eigenvalue weighted by Crippen LogP contribution is -2.26. The van der Waals surface area contributed by atoms with Crippen LogP contribution in [-0.2, 0) is 11.4 Å². The molecular weight excluding hydrogens is 368 g/mol. The van der Waals surface area contributed by atoms with E-state index in [1.54, 1.807) is 6.21 Å². The van der Waals surface area contributed by atoms with Crippen molar-refractivity contribution in [2.75, 3.05) is 0 Å². The molecule has 0 aromatic heterocycles. The second kappa shape index (κ2) is 10.3. The first-order valence-electron chi connectivity index (χ1n) is 9.03. The van der Waals surface area contributed by atoms with Crippen LogP contribution in [0.15, 0.2) is 94.9 Å². The number of para-hydroxylation sites is 1. The molecule has 0 aliphatic rings. The van der Waals surface area contributed by atoms with E-state index in [2.05, 4.69) is 10.5 Å². The Balaban J connectivity index is 1.55. The van der Waals surface area contributed by atoms with E-state index in [0.29, 0.717) is 6.61 Å². The summed E-state index contributed by atoms with van der Waals surface area (Å²) in [6.45, 7) is 2.34. The van der Waals surface area contributed by atoms with Crippen LogP contribution in [0, 0.1) is 0 Å². The second-order valence-electron chi connectivity index (χ2n) is 6.12. The van der Waals surface area contributed by atoms with Gasteiger partial charge in [-0.3, -0.25) is 4.79 Å². The molecule has 3 aromatic rings. The van der Waals surface area contributed by atoms with Crippen LogP contribution in [0.25, 0.3) is 0 Å². The topological polar surface area (TPSA) is 50.7 Å². The van der Waals surface area contributed by atoms with Gasteiger partial charge in [-0.2, -0.15) is 5.10 Å². The molecule has 1 N–H and O–H groups in total. The van der Waals surface area contributed by atoms with Gasteiger partial charge in [0.2, 0.25) is 0 Å². The van der Waals surface area contributed by atoms with E-state index in [9.17, 15) is 4.79 Å². The van der Waals surface area contributed by atoms with Crippen molar-refractivity contribution in [2.24, 2.45) is 5.10 Å². The van der Waals surface area contributed by atoms with Crippen LogP contribution in [-0.4, -0.2) is 17.4 Å². The van der Waals surface area contributed by atoms with Gasteiger partial charge >= 0.3 is 0 Å². The van der Waals surface area contributed by atoms with Crippen molar-refractivity contribution >= 4 is 23.9 Å². The molecule has 0 fully saturated rings. The highest BCUT2D eigenvalue weighted by molar-refractivity contribution is 8.00. The number of hydrogen-bond donors (Lipinski definition) is 1. The number of thioether (sulfide) groups is 1. The van der Waals surface area contributed by atoms with Gasteiger partial charge in [0.1, 0.15) is 12.4 Å². The minimum absolute atomic E-state index is 0.146. The Morgan fingerprint density at radius 2 is 1.64 bits per heavy atom. The molecule has 0 unspecified atom stereocenters. The molecule has 3 aromatic carbocycles. The van der Waals surface area contributed by atoms with Gasteiger partial charge in [-0.25, -0.2) is 5.43 Å². The lowest BCUT2D eigenvalue weighted by molar-refractivity contribution is -0.120. The summed E-state index contributed by atoms with van der Waals surface area (Å²) in [4.78, 5) is 13.3. The molecule has 142 valence electrons. The van der Waals surface area contributed by atoms with Gasteiger partial charge in [-0.05, 0) is 36.8 Å². The zero-order chi connectivity index (χ0) is 19.6. The van der Waals surface area contributed by atoms with Gasteiger partial charge in [-0.1, -0.05) is 60.7 Å². The van der Waals surface area contributed by atoms with E-state index in [1.165, 1.54) is 11.8 Å².